The normalized spacial score (nSPS) is 12.2. The highest BCUT2D eigenvalue weighted by Crippen LogP contribution is 2.50. The van der Waals surface area contributed by atoms with Crippen molar-refractivity contribution in [3.05, 3.63) is 117 Å². The maximum Gasteiger partial charge on any atom is 0.417 e. The predicted molar refractivity (Wildman–Crippen MR) is 214 cm³/mol. The molecule has 55 heavy (non-hydrogen) atoms. The van der Waals surface area contributed by atoms with Crippen LogP contribution in [0.4, 0.5) is 29.7 Å². The third-order valence-electron chi connectivity index (χ3n) is 8.59. The van der Waals surface area contributed by atoms with Crippen molar-refractivity contribution in [1.29, 1.82) is 0 Å². The summed E-state index contributed by atoms with van der Waals surface area (Å²) in [6, 6.07) is 18.5. The average molecular weight is 791 g/mol. The quantitative estimate of drug-likeness (QED) is 0.114. The maximum absolute atomic E-state index is 13.6. The standard InChI is InChI=1S/C37H31F3N4O4S2.C4H10O/c1-19-5-7-22(8-6-19)32-21(3)33-27-15-23(9-10-24(27)18-44(49-4)34(33)20(2)26(32)16-31(45)46)35(47)43-30-14-12-28(50-30)36(48)42-29-13-11-25(17-41-29)37(38,39)40;1-4(2,3)5/h5-15,17H,16,18H2,1-4H3,(H,43,47)(H,45,46)(H,41,42,48);5H,1-3H3. The molecular formula is C41H41F3N4O5S2. The molecule has 4 N–H and O–H groups in total. The lowest BCUT2D eigenvalue weighted by atomic mass is 9.80. The third kappa shape index (κ3) is 9.74. The number of hydrogen-bond acceptors (Lipinski definition) is 8. The molecule has 0 aliphatic carbocycles. The van der Waals surface area contributed by atoms with Crippen molar-refractivity contribution in [2.75, 3.05) is 21.2 Å². The number of pyridine rings is 1. The molecule has 0 unspecified atom stereocenters. The molecule has 288 valence electrons. The fourth-order valence-corrected chi connectivity index (χ4v) is 7.65. The van der Waals surface area contributed by atoms with Gasteiger partial charge in [-0.05, 0) is 117 Å². The number of anilines is 3. The monoisotopic (exact) mass is 790 g/mol. The van der Waals surface area contributed by atoms with Crippen LogP contribution in [0.3, 0.4) is 0 Å². The number of benzene rings is 3. The van der Waals surface area contributed by atoms with Crippen LogP contribution < -0.4 is 14.9 Å². The second-order valence-corrected chi connectivity index (χ2v) is 15.9. The summed E-state index contributed by atoms with van der Waals surface area (Å²) >= 11 is 2.56. The number of carbonyl (C=O) groups is 3. The van der Waals surface area contributed by atoms with E-state index in [1.165, 1.54) is 6.07 Å². The van der Waals surface area contributed by atoms with Crippen LogP contribution >= 0.6 is 23.3 Å². The number of carboxylic acid groups (broad SMARTS) is 1. The molecule has 1 aliphatic heterocycles. The van der Waals surface area contributed by atoms with Gasteiger partial charge in [-0.3, -0.25) is 14.4 Å². The van der Waals surface area contributed by atoms with E-state index in [-0.39, 0.29) is 17.1 Å². The number of fused-ring (bicyclic) bond motifs is 3. The van der Waals surface area contributed by atoms with E-state index in [2.05, 4.69) is 19.9 Å². The number of halogens is 3. The fraction of sp³-hybridized carbons (Fsp3) is 0.268. The van der Waals surface area contributed by atoms with E-state index < -0.39 is 35.1 Å². The molecule has 3 aromatic carbocycles. The Kier molecular flexibility index (Phi) is 12.1. The van der Waals surface area contributed by atoms with Crippen LogP contribution in [0.15, 0.2) is 72.9 Å². The van der Waals surface area contributed by atoms with Crippen molar-refractivity contribution in [3.8, 4) is 22.3 Å². The first-order valence-electron chi connectivity index (χ1n) is 17.1. The van der Waals surface area contributed by atoms with Gasteiger partial charge in [-0.25, -0.2) is 4.98 Å². The Morgan fingerprint density at radius 1 is 0.891 bits per heavy atom. The van der Waals surface area contributed by atoms with Crippen molar-refractivity contribution < 1.29 is 37.8 Å². The fourth-order valence-electron chi connectivity index (χ4n) is 6.17. The van der Waals surface area contributed by atoms with Crippen LogP contribution in [-0.4, -0.2) is 44.8 Å². The van der Waals surface area contributed by atoms with Crippen molar-refractivity contribution >= 4 is 57.6 Å². The lowest BCUT2D eigenvalue weighted by molar-refractivity contribution is -0.138. The molecule has 2 amide bonds. The van der Waals surface area contributed by atoms with Gasteiger partial charge in [0.1, 0.15) is 5.82 Å². The molecule has 0 saturated carbocycles. The summed E-state index contributed by atoms with van der Waals surface area (Å²) in [4.78, 5) is 42.3. The molecule has 0 atom stereocenters. The number of rotatable bonds is 8. The zero-order chi connectivity index (χ0) is 40.4. The van der Waals surface area contributed by atoms with Gasteiger partial charge in [-0.1, -0.05) is 47.8 Å². The first-order chi connectivity index (χ1) is 25.7. The van der Waals surface area contributed by atoms with Gasteiger partial charge in [0.15, 0.2) is 0 Å². The number of aliphatic carboxylic acids is 1. The molecule has 14 heteroatoms. The van der Waals surface area contributed by atoms with Gasteiger partial charge in [0, 0.05) is 23.6 Å². The summed E-state index contributed by atoms with van der Waals surface area (Å²) in [5.41, 5.74) is 8.12. The zero-order valence-corrected chi connectivity index (χ0v) is 32.9. The summed E-state index contributed by atoms with van der Waals surface area (Å²) in [7, 11) is 0. The summed E-state index contributed by atoms with van der Waals surface area (Å²) in [5.74, 6) is -1.93. The second-order valence-electron chi connectivity index (χ2n) is 14.0. The van der Waals surface area contributed by atoms with E-state index in [9.17, 15) is 32.7 Å². The highest BCUT2D eigenvalue weighted by atomic mass is 32.2. The molecular weight excluding hydrogens is 750 g/mol. The lowest BCUT2D eigenvalue weighted by Gasteiger charge is -2.36. The largest absolute Gasteiger partial charge is 0.481 e. The average Bonchev–Trinajstić information content (AvgIpc) is 3.57. The predicted octanol–water partition coefficient (Wildman–Crippen LogP) is 9.93. The van der Waals surface area contributed by atoms with E-state index in [1.807, 2.05) is 63.4 Å². The van der Waals surface area contributed by atoms with Crippen LogP contribution in [0.1, 0.15) is 74.2 Å². The van der Waals surface area contributed by atoms with Crippen molar-refractivity contribution in [2.45, 2.75) is 66.3 Å². The topological polar surface area (TPSA) is 132 Å². The number of nitrogens with zero attached hydrogens (tertiary/aromatic N) is 2. The lowest BCUT2D eigenvalue weighted by Crippen LogP contribution is -2.23. The Morgan fingerprint density at radius 3 is 2.15 bits per heavy atom. The Labute approximate surface area is 325 Å². The number of aromatic nitrogens is 1. The van der Waals surface area contributed by atoms with Gasteiger partial charge in [0.2, 0.25) is 0 Å². The summed E-state index contributed by atoms with van der Waals surface area (Å²) in [6.45, 7) is 11.7. The van der Waals surface area contributed by atoms with Gasteiger partial charge >= 0.3 is 12.1 Å². The van der Waals surface area contributed by atoms with Crippen LogP contribution in [-0.2, 0) is 23.9 Å². The summed E-state index contributed by atoms with van der Waals surface area (Å²) in [5, 5.41) is 24.2. The van der Waals surface area contributed by atoms with Crippen LogP contribution in [0.2, 0.25) is 0 Å². The van der Waals surface area contributed by atoms with E-state index in [4.69, 9.17) is 5.11 Å². The maximum atomic E-state index is 13.6. The van der Waals surface area contributed by atoms with Crippen molar-refractivity contribution in [1.82, 2.24) is 4.98 Å². The number of alkyl halides is 3. The highest BCUT2D eigenvalue weighted by Gasteiger charge is 2.32. The number of amides is 2. The minimum absolute atomic E-state index is 0.0393. The van der Waals surface area contributed by atoms with Gasteiger partial charge in [-0.2, -0.15) is 13.2 Å². The Hall–Kier alpha value is -5.18. The number of aryl methyl sites for hydroxylation is 1. The summed E-state index contributed by atoms with van der Waals surface area (Å²) in [6.07, 6.45) is -2.05. The molecule has 0 radical (unpaired) electrons. The molecule has 5 aromatic rings. The second kappa shape index (κ2) is 16.3. The molecule has 6 rings (SSSR count). The molecule has 0 fully saturated rings. The van der Waals surface area contributed by atoms with Crippen LogP contribution in [0.5, 0.6) is 0 Å². The van der Waals surface area contributed by atoms with Gasteiger partial charge in [-0.15, -0.1) is 11.3 Å². The molecule has 1 aliphatic rings. The van der Waals surface area contributed by atoms with E-state index in [0.717, 1.165) is 79.2 Å². The SMILES string of the molecule is CC(C)(C)O.CSN1Cc2ccc(C(=O)Nc3ccc(C(=O)Nc4ccc(C(F)(F)F)cn4)s3)cc2-c2c(C)c(-c3ccc(C)cc3)c(CC(=O)O)c(C)c21. The van der Waals surface area contributed by atoms with Gasteiger partial charge in [0.05, 0.1) is 39.7 Å². The van der Waals surface area contributed by atoms with E-state index in [0.29, 0.717) is 23.3 Å². The third-order valence-corrected chi connectivity index (χ3v) is 10.3. The minimum atomic E-state index is -4.54. The number of thiophene rings is 1. The Bertz CT molecular complexity index is 2240. The van der Waals surface area contributed by atoms with Gasteiger partial charge in [0.25, 0.3) is 11.8 Å². The first-order valence-corrected chi connectivity index (χ1v) is 19.1. The van der Waals surface area contributed by atoms with Gasteiger partial charge < -0.3 is 25.2 Å². The van der Waals surface area contributed by atoms with E-state index >= 15 is 0 Å². The van der Waals surface area contributed by atoms with Crippen molar-refractivity contribution in [3.63, 3.8) is 0 Å². The zero-order valence-electron chi connectivity index (χ0n) is 31.3. The molecule has 0 bridgehead atoms. The smallest absolute Gasteiger partial charge is 0.417 e. The number of nitrogens with one attached hydrogen (secondary N) is 2. The number of hydrogen-bond donors (Lipinski definition) is 4. The minimum Gasteiger partial charge on any atom is -0.481 e. The number of aliphatic hydroxyl groups is 1. The van der Waals surface area contributed by atoms with Crippen LogP contribution in [0.25, 0.3) is 22.3 Å². The number of carbonyl (C=O) groups excluding carboxylic acids is 2. The summed E-state index contributed by atoms with van der Waals surface area (Å²) < 4.78 is 40.7. The number of carboxylic acids is 1. The van der Waals surface area contributed by atoms with E-state index in [1.54, 1.807) is 44.9 Å². The highest BCUT2D eigenvalue weighted by molar-refractivity contribution is 7.99. The molecule has 2 aromatic heterocycles. The Balaban J connectivity index is 0.00000109. The van der Waals surface area contributed by atoms with Crippen LogP contribution in [0, 0.1) is 20.8 Å². The molecule has 0 saturated heterocycles. The molecule has 0 spiro atoms. The van der Waals surface area contributed by atoms with Crippen molar-refractivity contribution in [2.24, 2.45) is 0 Å². The molecule has 9 nitrogen and oxygen atoms in total. The first kappa shape index (κ1) is 41.0. The Morgan fingerprint density at radius 2 is 1.56 bits per heavy atom. The molecule has 3 heterocycles.